The van der Waals surface area contributed by atoms with E-state index in [4.69, 9.17) is 0 Å². The van der Waals surface area contributed by atoms with Crippen LogP contribution in [0.2, 0.25) is 0 Å². The Bertz CT molecular complexity index is 2010. The molecule has 0 spiro atoms. The van der Waals surface area contributed by atoms with Crippen LogP contribution in [0.5, 0.6) is 0 Å². The summed E-state index contributed by atoms with van der Waals surface area (Å²) in [6, 6.07) is 20.6. The average Bonchev–Trinajstić information content (AvgIpc) is 3.74. The highest BCUT2D eigenvalue weighted by Gasteiger charge is 2.41. The summed E-state index contributed by atoms with van der Waals surface area (Å²) in [7, 11) is 3.58. The van der Waals surface area contributed by atoms with Gasteiger partial charge in [-0.25, -0.2) is 19.3 Å². The maximum Gasteiger partial charge on any atom is 0.256 e. The largest absolute Gasteiger partial charge is 0.358 e. The van der Waals surface area contributed by atoms with Gasteiger partial charge >= 0.3 is 0 Å². The number of anilines is 1. The standard InChI is InChI=1S/C34H28FN7O/c1-40(31-7-3-4-14-37-31)16-17-41(2)32(43)27-10-8-23(19-28(27)35)25-20-38-33-39-21-30(42(33)22-25)34(12-13-34)26-9-11-29-24(18-26)6-5-15-36-29/h3-15,18-22H,16-17H2,1-2H3. The van der Waals surface area contributed by atoms with Crippen LogP contribution in [0, 0.1) is 5.82 Å². The second-order valence-electron chi connectivity index (χ2n) is 10.8. The van der Waals surface area contributed by atoms with Crippen molar-refractivity contribution in [2.75, 3.05) is 32.1 Å². The zero-order chi connectivity index (χ0) is 29.6. The quantitative estimate of drug-likeness (QED) is 0.224. The van der Waals surface area contributed by atoms with Crippen molar-refractivity contribution in [1.29, 1.82) is 0 Å². The van der Waals surface area contributed by atoms with Crippen molar-refractivity contribution >= 4 is 28.4 Å². The van der Waals surface area contributed by atoms with Gasteiger partial charge in [-0.2, -0.15) is 0 Å². The van der Waals surface area contributed by atoms with Gasteiger partial charge in [0, 0.05) is 62.9 Å². The predicted molar refractivity (Wildman–Crippen MR) is 165 cm³/mol. The second-order valence-corrected chi connectivity index (χ2v) is 10.8. The van der Waals surface area contributed by atoms with E-state index in [0.29, 0.717) is 30.0 Å². The Labute approximate surface area is 247 Å². The van der Waals surface area contributed by atoms with Crippen molar-refractivity contribution in [2.45, 2.75) is 5.41 Å². The molecule has 9 heteroatoms. The molecule has 0 radical (unpaired) electrons. The maximum atomic E-state index is 15.4. The molecule has 1 aliphatic rings. The highest BCUT2D eigenvalue weighted by atomic mass is 19.1. The van der Waals surface area contributed by atoms with Gasteiger partial charge < -0.3 is 9.80 Å². The first-order valence-corrected chi connectivity index (χ1v) is 14.0. The maximum absolute atomic E-state index is 15.4. The van der Waals surface area contributed by atoms with Crippen LogP contribution in [0.25, 0.3) is 27.8 Å². The van der Waals surface area contributed by atoms with Crippen molar-refractivity contribution in [1.82, 2.24) is 29.2 Å². The van der Waals surface area contributed by atoms with Gasteiger partial charge in [-0.1, -0.05) is 36.4 Å². The Kier molecular flexibility index (Phi) is 6.42. The molecule has 1 aliphatic carbocycles. The fraction of sp³-hybridized carbons (Fsp3) is 0.147. The minimum absolute atomic E-state index is 0.0241. The molecule has 7 rings (SSSR count). The number of carbonyl (C=O) groups is 1. The number of rotatable bonds is 8. The first-order valence-electron chi connectivity index (χ1n) is 14.0. The number of allylic oxidation sites excluding steroid dienone is 2. The van der Waals surface area contributed by atoms with Crippen molar-refractivity contribution in [2.24, 2.45) is 0 Å². The third kappa shape index (κ3) is 4.78. The summed E-state index contributed by atoms with van der Waals surface area (Å²) in [5, 5.41) is 1.07. The molecule has 43 heavy (non-hydrogen) atoms. The summed E-state index contributed by atoms with van der Waals surface area (Å²) in [5.41, 5.74) is 3.96. The highest BCUT2D eigenvalue weighted by molar-refractivity contribution is 5.95. The molecule has 6 aromatic rings. The summed E-state index contributed by atoms with van der Waals surface area (Å²) >= 11 is 0. The van der Waals surface area contributed by atoms with Crippen LogP contribution in [-0.4, -0.2) is 62.3 Å². The SMILES string of the molecule is CN(CCN(C)c1ccccn1)C(=O)c1ccc(-c2cnc3ncc(C4(c5ccc6ncccc6c5)C=C4)n3c2)cc1F. The molecule has 1 amide bonds. The Hall–Kier alpha value is -5.44. The Morgan fingerprint density at radius 3 is 2.49 bits per heavy atom. The van der Waals surface area contributed by atoms with Crippen LogP contribution in [0.15, 0.2) is 110 Å². The average molecular weight is 570 g/mol. The number of likely N-dealkylation sites (N-methyl/N-ethyl adjacent to an activating group) is 2. The molecule has 4 heterocycles. The number of hydrogen-bond acceptors (Lipinski definition) is 6. The topological polar surface area (TPSA) is 79.5 Å². The highest BCUT2D eigenvalue weighted by Crippen LogP contribution is 2.45. The molecular weight excluding hydrogens is 541 g/mol. The van der Waals surface area contributed by atoms with Gasteiger partial charge in [-0.05, 0) is 53.6 Å². The molecule has 212 valence electrons. The number of hydrogen-bond donors (Lipinski definition) is 0. The lowest BCUT2D eigenvalue weighted by atomic mass is 9.89. The number of amides is 1. The summed E-state index contributed by atoms with van der Waals surface area (Å²) in [6.45, 7) is 0.977. The molecule has 4 aromatic heterocycles. The number of imidazole rings is 1. The fourth-order valence-electron chi connectivity index (χ4n) is 5.43. The molecule has 0 bridgehead atoms. The normalized spacial score (nSPS) is 13.4. The molecule has 0 N–H and O–H groups in total. The number of benzene rings is 2. The lowest BCUT2D eigenvalue weighted by Gasteiger charge is -2.23. The number of aromatic nitrogens is 5. The van der Waals surface area contributed by atoms with Crippen LogP contribution >= 0.6 is 0 Å². The molecule has 0 saturated carbocycles. The number of nitrogens with zero attached hydrogens (tertiary/aromatic N) is 7. The van der Waals surface area contributed by atoms with Gasteiger partial charge in [0.25, 0.3) is 5.91 Å². The van der Waals surface area contributed by atoms with E-state index in [0.717, 1.165) is 28.0 Å². The van der Waals surface area contributed by atoms with Crippen LogP contribution in [0.3, 0.4) is 0 Å². The Morgan fingerprint density at radius 1 is 0.860 bits per heavy atom. The molecule has 0 aliphatic heterocycles. The van der Waals surface area contributed by atoms with Crippen LogP contribution in [0.4, 0.5) is 10.2 Å². The van der Waals surface area contributed by atoms with E-state index in [1.54, 1.807) is 31.7 Å². The van der Waals surface area contributed by atoms with E-state index >= 15 is 4.39 Å². The monoisotopic (exact) mass is 569 g/mol. The van der Waals surface area contributed by atoms with Gasteiger partial charge in [-0.3, -0.25) is 14.2 Å². The third-order valence-corrected chi connectivity index (χ3v) is 8.06. The van der Waals surface area contributed by atoms with Crippen LogP contribution in [0.1, 0.15) is 21.6 Å². The first kappa shape index (κ1) is 26.5. The molecule has 0 fully saturated rings. The van der Waals surface area contributed by atoms with E-state index in [9.17, 15) is 4.79 Å². The zero-order valence-corrected chi connectivity index (χ0v) is 23.7. The molecule has 0 atom stereocenters. The molecule has 0 saturated heterocycles. The first-order chi connectivity index (χ1) is 20.9. The molecule has 2 aromatic carbocycles. The van der Waals surface area contributed by atoms with Gasteiger partial charge in [0.05, 0.1) is 28.4 Å². The summed E-state index contributed by atoms with van der Waals surface area (Å²) in [5.74, 6) is 0.405. The molecular formula is C34H28FN7O. The van der Waals surface area contributed by atoms with Crippen molar-refractivity contribution in [3.05, 3.63) is 133 Å². The van der Waals surface area contributed by atoms with Crippen LogP contribution < -0.4 is 4.90 Å². The summed E-state index contributed by atoms with van der Waals surface area (Å²) in [6.07, 6.45) is 13.2. The molecule has 8 nitrogen and oxygen atoms in total. The number of carbonyl (C=O) groups excluding carboxylic acids is 1. The molecule has 0 unspecified atom stereocenters. The second kappa shape index (κ2) is 10.4. The van der Waals surface area contributed by atoms with Gasteiger partial charge in [0.2, 0.25) is 5.78 Å². The van der Waals surface area contributed by atoms with E-state index in [2.05, 4.69) is 50.3 Å². The predicted octanol–water partition coefficient (Wildman–Crippen LogP) is 5.54. The third-order valence-electron chi connectivity index (χ3n) is 8.06. The van der Waals surface area contributed by atoms with Crippen molar-refractivity contribution < 1.29 is 9.18 Å². The lowest BCUT2D eigenvalue weighted by molar-refractivity contribution is 0.0794. The van der Waals surface area contributed by atoms with Crippen LogP contribution in [-0.2, 0) is 5.41 Å². The van der Waals surface area contributed by atoms with E-state index < -0.39 is 11.2 Å². The zero-order valence-electron chi connectivity index (χ0n) is 23.7. The Morgan fingerprint density at radius 2 is 1.70 bits per heavy atom. The van der Waals surface area contributed by atoms with Crippen molar-refractivity contribution in [3.63, 3.8) is 0 Å². The lowest BCUT2D eigenvalue weighted by Crippen LogP contribution is -2.35. The summed E-state index contributed by atoms with van der Waals surface area (Å²) in [4.78, 5) is 34.4. The number of pyridine rings is 2. The van der Waals surface area contributed by atoms with Gasteiger partial charge in [-0.15, -0.1) is 0 Å². The number of halogens is 1. The smallest absolute Gasteiger partial charge is 0.256 e. The van der Waals surface area contributed by atoms with Gasteiger partial charge in [0.1, 0.15) is 11.6 Å². The van der Waals surface area contributed by atoms with E-state index in [1.165, 1.54) is 17.0 Å². The minimum Gasteiger partial charge on any atom is -0.358 e. The number of fused-ring (bicyclic) bond motifs is 2. The van der Waals surface area contributed by atoms with E-state index in [-0.39, 0.29) is 11.5 Å². The van der Waals surface area contributed by atoms with Crippen molar-refractivity contribution in [3.8, 4) is 11.1 Å². The fourth-order valence-corrected chi connectivity index (χ4v) is 5.43. The van der Waals surface area contributed by atoms with E-state index in [1.807, 2.05) is 59.1 Å². The Balaban J connectivity index is 1.13. The van der Waals surface area contributed by atoms with Gasteiger partial charge in [0.15, 0.2) is 0 Å². The summed E-state index contributed by atoms with van der Waals surface area (Å²) < 4.78 is 17.3. The minimum atomic E-state index is -0.580.